The van der Waals surface area contributed by atoms with Crippen molar-refractivity contribution in [1.82, 2.24) is 4.98 Å². The Kier molecular flexibility index (Phi) is 4.44. The maximum absolute atomic E-state index is 12.1. The van der Waals surface area contributed by atoms with Crippen molar-refractivity contribution in [1.29, 1.82) is 0 Å². The second kappa shape index (κ2) is 6.67. The third kappa shape index (κ3) is 3.43. The number of rotatable bonds is 4. The molecule has 0 N–H and O–H groups in total. The highest BCUT2D eigenvalue weighted by atomic mass is 35.5. The molecule has 3 rings (SSSR count). The van der Waals surface area contributed by atoms with Crippen molar-refractivity contribution < 1.29 is 13.9 Å². The molecule has 0 saturated carbocycles. The van der Waals surface area contributed by atoms with Gasteiger partial charge in [0.15, 0.2) is 0 Å². The Hall–Kier alpha value is -2.59. The van der Waals surface area contributed by atoms with Crippen LogP contribution in [0.1, 0.15) is 21.8 Å². The van der Waals surface area contributed by atoms with E-state index in [0.29, 0.717) is 27.9 Å². The van der Waals surface area contributed by atoms with Gasteiger partial charge in [0.2, 0.25) is 5.89 Å². The van der Waals surface area contributed by atoms with Gasteiger partial charge < -0.3 is 9.15 Å². The fourth-order valence-corrected chi connectivity index (χ4v) is 2.32. The molecule has 0 spiro atoms. The lowest BCUT2D eigenvalue weighted by molar-refractivity contribution is 0.0467. The molecule has 0 aliphatic heterocycles. The minimum atomic E-state index is -0.487. The average molecular weight is 328 g/mol. The maximum Gasteiger partial charge on any atom is 0.340 e. The molecular formula is C18H14ClNO3. The van der Waals surface area contributed by atoms with E-state index in [1.54, 1.807) is 31.2 Å². The summed E-state index contributed by atoms with van der Waals surface area (Å²) in [5, 5.41) is 0.361. The van der Waals surface area contributed by atoms with Crippen molar-refractivity contribution >= 4 is 17.6 Å². The van der Waals surface area contributed by atoms with Crippen LogP contribution in [0, 0.1) is 6.92 Å². The minimum absolute atomic E-state index is 0.0340. The zero-order valence-corrected chi connectivity index (χ0v) is 13.2. The molecule has 116 valence electrons. The summed E-state index contributed by atoms with van der Waals surface area (Å²) in [5.41, 5.74) is 1.79. The molecule has 3 aromatic rings. The zero-order chi connectivity index (χ0) is 16.2. The number of aromatic nitrogens is 1. The summed E-state index contributed by atoms with van der Waals surface area (Å²) in [6.07, 6.45) is 0. The van der Waals surface area contributed by atoms with E-state index in [-0.39, 0.29) is 6.61 Å². The molecule has 0 aliphatic carbocycles. The van der Waals surface area contributed by atoms with Gasteiger partial charge in [0.05, 0.1) is 10.6 Å². The molecule has 0 aliphatic rings. The molecule has 0 unspecified atom stereocenters. The first kappa shape index (κ1) is 15.3. The first-order valence-electron chi connectivity index (χ1n) is 7.08. The molecule has 1 heterocycles. The number of carbonyl (C=O) groups is 1. The van der Waals surface area contributed by atoms with Gasteiger partial charge in [0.1, 0.15) is 18.1 Å². The largest absolute Gasteiger partial charge is 0.455 e. The number of carbonyl (C=O) groups excluding carboxylic acids is 1. The molecule has 5 heteroatoms. The maximum atomic E-state index is 12.1. The van der Waals surface area contributed by atoms with Gasteiger partial charge in [-0.1, -0.05) is 41.9 Å². The third-order valence-corrected chi connectivity index (χ3v) is 3.68. The van der Waals surface area contributed by atoms with E-state index in [0.717, 1.165) is 5.56 Å². The predicted octanol–water partition coefficient (Wildman–Crippen LogP) is 4.66. The van der Waals surface area contributed by atoms with E-state index in [9.17, 15) is 4.79 Å². The van der Waals surface area contributed by atoms with E-state index in [4.69, 9.17) is 20.8 Å². The topological polar surface area (TPSA) is 52.3 Å². The van der Waals surface area contributed by atoms with Crippen molar-refractivity contribution in [2.45, 2.75) is 13.5 Å². The van der Waals surface area contributed by atoms with Gasteiger partial charge in [-0.25, -0.2) is 9.78 Å². The zero-order valence-electron chi connectivity index (χ0n) is 12.5. The summed E-state index contributed by atoms with van der Waals surface area (Å²) in [6, 6.07) is 16.3. The van der Waals surface area contributed by atoms with E-state index >= 15 is 0 Å². The lowest BCUT2D eigenvalue weighted by atomic mass is 10.2. The van der Waals surface area contributed by atoms with Crippen molar-refractivity contribution in [2.24, 2.45) is 0 Å². The molecule has 2 aromatic carbocycles. The summed E-state index contributed by atoms with van der Waals surface area (Å²) in [7, 11) is 0. The van der Waals surface area contributed by atoms with Crippen LogP contribution < -0.4 is 0 Å². The lowest BCUT2D eigenvalue weighted by Gasteiger charge is -2.04. The van der Waals surface area contributed by atoms with Crippen molar-refractivity contribution in [3.8, 4) is 11.5 Å². The fourth-order valence-electron chi connectivity index (χ4n) is 2.10. The number of halogens is 1. The first-order valence-corrected chi connectivity index (χ1v) is 7.46. The van der Waals surface area contributed by atoms with Crippen molar-refractivity contribution in [3.05, 3.63) is 76.6 Å². The van der Waals surface area contributed by atoms with Crippen LogP contribution in [0.15, 0.2) is 59.0 Å². The summed E-state index contributed by atoms with van der Waals surface area (Å²) in [6.45, 7) is 1.82. The SMILES string of the molecule is Cc1oc(-c2ccccc2)nc1COC(=O)c1ccccc1Cl. The van der Waals surface area contributed by atoms with Crippen LogP contribution >= 0.6 is 11.6 Å². The Labute approximate surface area is 138 Å². The number of esters is 1. The van der Waals surface area contributed by atoms with E-state index in [1.807, 2.05) is 30.3 Å². The summed E-state index contributed by atoms with van der Waals surface area (Å²) in [4.78, 5) is 16.5. The van der Waals surface area contributed by atoms with Crippen LogP contribution in [-0.4, -0.2) is 11.0 Å². The van der Waals surface area contributed by atoms with E-state index < -0.39 is 5.97 Å². The Morgan fingerprint density at radius 2 is 1.83 bits per heavy atom. The lowest BCUT2D eigenvalue weighted by Crippen LogP contribution is -2.06. The van der Waals surface area contributed by atoms with Gasteiger partial charge in [0.25, 0.3) is 0 Å². The van der Waals surface area contributed by atoms with Crippen LogP contribution in [-0.2, 0) is 11.3 Å². The number of benzene rings is 2. The Bertz CT molecular complexity index is 827. The molecule has 0 atom stereocenters. The van der Waals surface area contributed by atoms with Gasteiger partial charge in [-0.3, -0.25) is 0 Å². The van der Waals surface area contributed by atoms with Crippen LogP contribution in [0.2, 0.25) is 5.02 Å². The summed E-state index contributed by atoms with van der Waals surface area (Å²) in [5.74, 6) is 0.641. The van der Waals surface area contributed by atoms with Crippen LogP contribution in [0.3, 0.4) is 0 Å². The molecule has 0 saturated heterocycles. The summed E-state index contributed by atoms with van der Waals surface area (Å²) < 4.78 is 10.9. The minimum Gasteiger partial charge on any atom is -0.455 e. The Morgan fingerprint density at radius 3 is 2.57 bits per heavy atom. The molecule has 0 bridgehead atoms. The molecule has 0 amide bonds. The van der Waals surface area contributed by atoms with Crippen molar-refractivity contribution in [2.75, 3.05) is 0 Å². The fraction of sp³-hybridized carbons (Fsp3) is 0.111. The molecule has 1 aromatic heterocycles. The quantitative estimate of drug-likeness (QED) is 0.654. The number of ether oxygens (including phenoxy) is 1. The molecule has 0 fully saturated rings. The highest BCUT2D eigenvalue weighted by Crippen LogP contribution is 2.22. The highest BCUT2D eigenvalue weighted by Gasteiger charge is 2.15. The number of hydrogen-bond acceptors (Lipinski definition) is 4. The van der Waals surface area contributed by atoms with Crippen LogP contribution in [0.25, 0.3) is 11.5 Å². The monoisotopic (exact) mass is 327 g/mol. The standard InChI is InChI=1S/C18H14ClNO3/c1-12-16(20-17(23-12)13-7-3-2-4-8-13)11-22-18(21)14-9-5-6-10-15(14)19/h2-10H,11H2,1H3. The predicted molar refractivity (Wildman–Crippen MR) is 87.2 cm³/mol. The highest BCUT2D eigenvalue weighted by molar-refractivity contribution is 6.33. The Balaban J connectivity index is 1.73. The number of aryl methyl sites for hydroxylation is 1. The van der Waals surface area contributed by atoms with E-state index in [1.165, 1.54) is 0 Å². The number of hydrogen-bond donors (Lipinski definition) is 0. The third-order valence-electron chi connectivity index (χ3n) is 3.35. The van der Waals surface area contributed by atoms with Gasteiger partial charge in [-0.05, 0) is 31.2 Å². The average Bonchev–Trinajstić information content (AvgIpc) is 2.95. The smallest absolute Gasteiger partial charge is 0.340 e. The van der Waals surface area contributed by atoms with Gasteiger partial charge in [-0.15, -0.1) is 0 Å². The summed E-state index contributed by atoms with van der Waals surface area (Å²) >= 11 is 5.98. The van der Waals surface area contributed by atoms with Crippen molar-refractivity contribution in [3.63, 3.8) is 0 Å². The van der Waals surface area contributed by atoms with Crippen LogP contribution in [0.4, 0.5) is 0 Å². The number of nitrogens with zero attached hydrogens (tertiary/aromatic N) is 1. The molecule has 23 heavy (non-hydrogen) atoms. The second-order valence-electron chi connectivity index (χ2n) is 4.94. The molecule has 4 nitrogen and oxygen atoms in total. The normalized spacial score (nSPS) is 10.5. The van der Waals surface area contributed by atoms with Crippen LogP contribution in [0.5, 0.6) is 0 Å². The first-order chi connectivity index (χ1) is 11.1. The molecule has 0 radical (unpaired) electrons. The van der Waals surface area contributed by atoms with Gasteiger partial charge >= 0.3 is 5.97 Å². The second-order valence-corrected chi connectivity index (χ2v) is 5.35. The van der Waals surface area contributed by atoms with Gasteiger partial charge in [0, 0.05) is 5.56 Å². The van der Waals surface area contributed by atoms with E-state index in [2.05, 4.69) is 4.98 Å². The molecular weight excluding hydrogens is 314 g/mol. The number of oxazole rings is 1. The van der Waals surface area contributed by atoms with Gasteiger partial charge in [-0.2, -0.15) is 0 Å². The Morgan fingerprint density at radius 1 is 1.13 bits per heavy atom.